The molecule has 0 saturated carbocycles. The topological polar surface area (TPSA) is 77.8 Å². The SMILES string of the molecule is CCCC(CC(O)O)C(=O)O. The fourth-order valence-corrected chi connectivity index (χ4v) is 0.945. The van der Waals surface area contributed by atoms with Crippen LogP contribution in [-0.4, -0.2) is 27.6 Å². The quantitative estimate of drug-likeness (QED) is 0.504. The van der Waals surface area contributed by atoms with Gasteiger partial charge in [0.05, 0.1) is 5.92 Å². The minimum absolute atomic E-state index is 0.0802. The number of carbonyl (C=O) groups is 1. The summed E-state index contributed by atoms with van der Waals surface area (Å²) in [5.41, 5.74) is 0. The molecule has 0 bridgehead atoms. The number of aliphatic hydroxyl groups is 2. The van der Waals surface area contributed by atoms with E-state index < -0.39 is 18.2 Å². The first-order chi connectivity index (χ1) is 5.07. The van der Waals surface area contributed by atoms with Crippen LogP contribution in [0.3, 0.4) is 0 Å². The van der Waals surface area contributed by atoms with Crippen molar-refractivity contribution in [1.82, 2.24) is 0 Å². The molecule has 1 unspecified atom stereocenters. The Hall–Kier alpha value is -0.610. The zero-order valence-corrected chi connectivity index (χ0v) is 6.53. The molecule has 0 aromatic rings. The van der Waals surface area contributed by atoms with Gasteiger partial charge in [0.25, 0.3) is 0 Å². The lowest BCUT2D eigenvalue weighted by atomic mass is 10.00. The molecule has 0 radical (unpaired) electrons. The molecular formula is C7H14O4. The molecule has 66 valence electrons. The van der Waals surface area contributed by atoms with Crippen LogP contribution < -0.4 is 0 Å². The van der Waals surface area contributed by atoms with Gasteiger partial charge in [-0.2, -0.15) is 0 Å². The van der Waals surface area contributed by atoms with Gasteiger partial charge in [-0.15, -0.1) is 0 Å². The molecule has 0 saturated heterocycles. The molecule has 4 heteroatoms. The maximum Gasteiger partial charge on any atom is 0.306 e. The monoisotopic (exact) mass is 162 g/mol. The van der Waals surface area contributed by atoms with Gasteiger partial charge in [-0.25, -0.2) is 0 Å². The standard InChI is InChI=1S/C7H14O4/c1-2-3-5(7(10)11)4-6(8)9/h5-6,8-9H,2-4H2,1H3,(H,10,11). The van der Waals surface area contributed by atoms with Gasteiger partial charge in [0, 0.05) is 6.42 Å². The van der Waals surface area contributed by atoms with E-state index in [2.05, 4.69) is 0 Å². The Bertz CT molecular complexity index is 122. The summed E-state index contributed by atoms with van der Waals surface area (Å²) >= 11 is 0. The van der Waals surface area contributed by atoms with Crippen molar-refractivity contribution < 1.29 is 20.1 Å². The van der Waals surface area contributed by atoms with Crippen LogP contribution in [-0.2, 0) is 4.79 Å². The summed E-state index contributed by atoms with van der Waals surface area (Å²) in [6.45, 7) is 1.86. The summed E-state index contributed by atoms with van der Waals surface area (Å²) in [6, 6.07) is 0. The fourth-order valence-electron chi connectivity index (χ4n) is 0.945. The molecule has 0 aliphatic carbocycles. The summed E-state index contributed by atoms with van der Waals surface area (Å²) in [5.74, 6) is -1.58. The van der Waals surface area contributed by atoms with Crippen molar-refractivity contribution in [2.45, 2.75) is 32.5 Å². The Kier molecular flexibility index (Phi) is 4.81. The van der Waals surface area contributed by atoms with Crippen molar-refractivity contribution in [1.29, 1.82) is 0 Å². The molecule has 4 nitrogen and oxygen atoms in total. The van der Waals surface area contributed by atoms with E-state index in [1.807, 2.05) is 6.92 Å². The van der Waals surface area contributed by atoms with E-state index >= 15 is 0 Å². The third-order valence-corrected chi connectivity index (χ3v) is 1.48. The second-order valence-electron chi connectivity index (χ2n) is 2.54. The van der Waals surface area contributed by atoms with E-state index in [1.54, 1.807) is 0 Å². The Morgan fingerprint density at radius 3 is 2.27 bits per heavy atom. The summed E-state index contributed by atoms with van der Waals surface area (Å²) < 4.78 is 0. The van der Waals surface area contributed by atoms with Crippen LogP contribution in [0.2, 0.25) is 0 Å². The van der Waals surface area contributed by atoms with Crippen LogP contribution in [0.25, 0.3) is 0 Å². The number of rotatable bonds is 5. The van der Waals surface area contributed by atoms with Crippen LogP contribution in [0.1, 0.15) is 26.2 Å². The first kappa shape index (κ1) is 10.4. The lowest BCUT2D eigenvalue weighted by Gasteiger charge is -2.11. The molecule has 3 N–H and O–H groups in total. The van der Waals surface area contributed by atoms with Gasteiger partial charge in [0.15, 0.2) is 6.29 Å². The molecule has 0 aromatic carbocycles. The van der Waals surface area contributed by atoms with E-state index in [-0.39, 0.29) is 6.42 Å². The molecule has 1 atom stereocenters. The second-order valence-corrected chi connectivity index (χ2v) is 2.54. The van der Waals surface area contributed by atoms with Gasteiger partial charge in [0.2, 0.25) is 0 Å². The predicted octanol–water partition coefficient (Wildman–Crippen LogP) is 0.188. The highest BCUT2D eigenvalue weighted by Gasteiger charge is 2.18. The van der Waals surface area contributed by atoms with E-state index in [0.717, 1.165) is 6.42 Å². The largest absolute Gasteiger partial charge is 0.481 e. The molecular weight excluding hydrogens is 148 g/mol. The fraction of sp³-hybridized carbons (Fsp3) is 0.857. The molecule has 0 aliphatic heterocycles. The number of aliphatic carboxylic acids is 1. The van der Waals surface area contributed by atoms with Crippen LogP contribution in [0.4, 0.5) is 0 Å². The predicted molar refractivity (Wildman–Crippen MR) is 38.9 cm³/mol. The average molecular weight is 162 g/mol. The average Bonchev–Trinajstić information content (AvgIpc) is 1.86. The zero-order chi connectivity index (χ0) is 8.85. The van der Waals surface area contributed by atoms with Crippen LogP contribution in [0.15, 0.2) is 0 Å². The normalized spacial score (nSPS) is 13.5. The summed E-state index contributed by atoms with van der Waals surface area (Å²) in [5, 5.41) is 25.5. The van der Waals surface area contributed by atoms with Gasteiger partial charge in [-0.1, -0.05) is 13.3 Å². The summed E-state index contributed by atoms with van der Waals surface area (Å²) in [6.07, 6.45) is -0.359. The number of hydrogen-bond acceptors (Lipinski definition) is 3. The Morgan fingerprint density at radius 2 is 2.00 bits per heavy atom. The minimum atomic E-state index is -1.51. The third kappa shape index (κ3) is 4.75. The molecule has 0 heterocycles. The van der Waals surface area contributed by atoms with Crippen LogP contribution >= 0.6 is 0 Å². The van der Waals surface area contributed by atoms with E-state index in [9.17, 15) is 4.79 Å². The van der Waals surface area contributed by atoms with Crippen molar-refractivity contribution in [3.05, 3.63) is 0 Å². The van der Waals surface area contributed by atoms with Crippen molar-refractivity contribution in [2.75, 3.05) is 0 Å². The molecule has 0 rings (SSSR count). The van der Waals surface area contributed by atoms with Crippen LogP contribution in [0.5, 0.6) is 0 Å². The maximum atomic E-state index is 10.4. The highest BCUT2D eigenvalue weighted by Crippen LogP contribution is 2.12. The van der Waals surface area contributed by atoms with Crippen molar-refractivity contribution >= 4 is 5.97 Å². The summed E-state index contributed by atoms with van der Waals surface area (Å²) in [4.78, 5) is 10.4. The zero-order valence-electron chi connectivity index (χ0n) is 6.53. The van der Waals surface area contributed by atoms with Gasteiger partial charge < -0.3 is 15.3 Å². The molecule has 0 aliphatic rings. The molecule has 0 fully saturated rings. The smallest absolute Gasteiger partial charge is 0.306 e. The van der Waals surface area contributed by atoms with E-state index in [4.69, 9.17) is 15.3 Å². The Labute approximate surface area is 65.5 Å². The minimum Gasteiger partial charge on any atom is -0.481 e. The first-order valence-electron chi connectivity index (χ1n) is 3.66. The molecule has 0 spiro atoms. The third-order valence-electron chi connectivity index (χ3n) is 1.48. The maximum absolute atomic E-state index is 10.4. The number of carboxylic acid groups (broad SMARTS) is 1. The summed E-state index contributed by atoms with van der Waals surface area (Å²) in [7, 11) is 0. The highest BCUT2D eigenvalue weighted by molar-refractivity contribution is 5.69. The second kappa shape index (κ2) is 5.09. The molecule has 11 heavy (non-hydrogen) atoms. The van der Waals surface area contributed by atoms with Crippen molar-refractivity contribution in [3.63, 3.8) is 0 Å². The van der Waals surface area contributed by atoms with E-state index in [0.29, 0.717) is 6.42 Å². The van der Waals surface area contributed by atoms with Gasteiger partial charge in [0.1, 0.15) is 0 Å². The van der Waals surface area contributed by atoms with E-state index in [1.165, 1.54) is 0 Å². The Morgan fingerprint density at radius 1 is 1.45 bits per heavy atom. The number of hydrogen-bond donors (Lipinski definition) is 3. The lowest BCUT2D eigenvalue weighted by molar-refractivity contribution is -0.146. The highest BCUT2D eigenvalue weighted by atomic mass is 16.5. The number of aliphatic hydroxyl groups excluding tert-OH is 1. The molecule has 0 aromatic heterocycles. The number of carboxylic acids is 1. The molecule has 0 amide bonds. The van der Waals surface area contributed by atoms with Crippen molar-refractivity contribution in [3.8, 4) is 0 Å². The first-order valence-corrected chi connectivity index (χ1v) is 3.66. The Balaban J connectivity index is 3.79. The van der Waals surface area contributed by atoms with Gasteiger partial charge in [-0.05, 0) is 6.42 Å². The lowest BCUT2D eigenvalue weighted by Crippen LogP contribution is -2.20. The van der Waals surface area contributed by atoms with Gasteiger partial charge in [-0.3, -0.25) is 4.79 Å². The van der Waals surface area contributed by atoms with Gasteiger partial charge >= 0.3 is 5.97 Å². The van der Waals surface area contributed by atoms with Crippen LogP contribution in [0, 0.1) is 5.92 Å². The van der Waals surface area contributed by atoms with Crippen molar-refractivity contribution in [2.24, 2.45) is 5.92 Å².